The number of anilines is 1. The molecule has 0 amide bonds. The fraction of sp³-hybridized carbons (Fsp3) is 0.250. The number of allylic oxidation sites excluding steroid dienone is 2. The molecule has 6 nitrogen and oxygen atoms in total. The van der Waals surface area contributed by atoms with Crippen LogP contribution in [0.3, 0.4) is 0 Å². The van der Waals surface area contributed by atoms with E-state index in [9.17, 15) is 9.18 Å². The molecule has 0 bridgehead atoms. The monoisotopic (exact) mass is 364 g/mol. The second-order valence-corrected chi connectivity index (χ2v) is 6.91. The summed E-state index contributed by atoms with van der Waals surface area (Å²) in [4.78, 5) is 17.5. The number of halogens is 1. The molecule has 5 rings (SSSR count). The van der Waals surface area contributed by atoms with Crippen molar-refractivity contribution in [2.45, 2.75) is 31.7 Å². The number of furan rings is 1. The molecule has 0 unspecified atom stereocenters. The zero-order valence-corrected chi connectivity index (χ0v) is 14.6. The van der Waals surface area contributed by atoms with Gasteiger partial charge in [0.1, 0.15) is 23.4 Å². The van der Waals surface area contributed by atoms with Gasteiger partial charge in [-0.25, -0.2) is 9.07 Å². The lowest BCUT2D eigenvalue weighted by Gasteiger charge is -2.34. The van der Waals surface area contributed by atoms with Gasteiger partial charge in [-0.1, -0.05) is 18.2 Å². The van der Waals surface area contributed by atoms with Gasteiger partial charge in [-0.15, -0.1) is 0 Å². The van der Waals surface area contributed by atoms with Crippen molar-refractivity contribution < 1.29 is 13.6 Å². The Bertz CT molecular complexity index is 1070. The van der Waals surface area contributed by atoms with Gasteiger partial charge >= 0.3 is 0 Å². The quantitative estimate of drug-likeness (QED) is 0.750. The molecule has 0 spiro atoms. The number of benzene rings is 1. The number of rotatable bonds is 2. The molecule has 1 aliphatic heterocycles. The van der Waals surface area contributed by atoms with E-state index < -0.39 is 6.04 Å². The molecule has 136 valence electrons. The van der Waals surface area contributed by atoms with E-state index in [2.05, 4.69) is 15.4 Å². The molecule has 3 aromatic rings. The smallest absolute Gasteiger partial charge is 0.226 e. The number of hydrogen-bond acceptors (Lipinski definition) is 5. The lowest BCUT2D eigenvalue weighted by molar-refractivity contribution is -0.117. The van der Waals surface area contributed by atoms with Crippen molar-refractivity contribution in [3.63, 3.8) is 0 Å². The summed E-state index contributed by atoms with van der Waals surface area (Å²) in [5, 5.41) is 7.66. The highest BCUT2D eigenvalue weighted by Gasteiger charge is 2.40. The first-order valence-corrected chi connectivity index (χ1v) is 8.86. The maximum atomic E-state index is 14.6. The number of nitrogens with zero attached hydrogens (tertiary/aromatic N) is 3. The van der Waals surface area contributed by atoms with Crippen molar-refractivity contribution in [2.24, 2.45) is 0 Å². The molecule has 0 radical (unpaired) electrons. The van der Waals surface area contributed by atoms with Crippen LogP contribution in [0.4, 0.5) is 10.3 Å². The molecule has 2 aromatic heterocycles. The Labute approximate surface area is 154 Å². The minimum atomic E-state index is -0.622. The second kappa shape index (κ2) is 5.90. The van der Waals surface area contributed by atoms with Crippen LogP contribution in [0, 0.1) is 12.7 Å². The number of fused-ring (bicyclic) bond motifs is 1. The SMILES string of the molecule is Cc1nc2n(n1)[C@H](c1ccccc1F)C1=C(C[C@@H](c3ccco3)CC1=O)N2. The van der Waals surface area contributed by atoms with Crippen LogP contribution in [0.1, 0.15) is 41.9 Å². The first-order chi connectivity index (χ1) is 13.1. The summed E-state index contributed by atoms with van der Waals surface area (Å²) in [6.45, 7) is 1.78. The fourth-order valence-electron chi connectivity index (χ4n) is 4.03. The van der Waals surface area contributed by atoms with Gasteiger partial charge in [-0.3, -0.25) is 4.79 Å². The maximum Gasteiger partial charge on any atom is 0.226 e. The Hall–Kier alpha value is -3.22. The molecule has 1 aliphatic carbocycles. The number of aromatic nitrogens is 3. The van der Waals surface area contributed by atoms with E-state index in [1.54, 1.807) is 36.1 Å². The predicted molar refractivity (Wildman–Crippen MR) is 95.6 cm³/mol. The number of Topliss-reactive ketones (excluding diaryl/α,β-unsaturated/α-hetero) is 1. The molecule has 7 heteroatoms. The molecule has 3 heterocycles. The standard InChI is InChI=1S/C20H17FN4O2/c1-11-22-20-23-15-9-12(17-7-4-8-27-17)10-16(26)18(15)19(25(20)24-11)13-5-2-3-6-14(13)21/h2-8,12,19H,9-10H2,1H3,(H,22,23,24)/t12-,19-/m1/s1. The molecular weight excluding hydrogens is 347 g/mol. The van der Waals surface area contributed by atoms with Crippen LogP contribution in [0.15, 0.2) is 58.3 Å². The van der Waals surface area contributed by atoms with Gasteiger partial charge in [0.15, 0.2) is 5.78 Å². The Morgan fingerprint density at radius 2 is 2.07 bits per heavy atom. The predicted octanol–water partition coefficient (Wildman–Crippen LogP) is 3.73. The van der Waals surface area contributed by atoms with Crippen LogP contribution in [0.25, 0.3) is 0 Å². The van der Waals surface area contributed by atoms with Crippen molar-refractivity contribution in [1.82, 2.24) is 14.8 Å². The van der Waals surface area contributed by atoms with Crippen LogP contribution in [-0.2, 0) is 4.79 Å². The average molecular weight is 364 g/mol. The summed E-state index contributed by atoms with van der Waals surface area (Å²) >= 11 is 0. The molecule has 27 heavy (non-hydrogen) atoms. The number of nitrogens with one attached hydrogen (secondary N) is 1. The van der Waals surface area contributed by atoms with E-state index >= 15 is 0 Å². The summed E-state index contributed by atoms with van der Waals surface area (Å²) in [7, 11) is 0. The van der Waals surface area contributed by atoms with E-state index in [4.69, 9.17) is 4.42 Å². The lowest BCUT2D eigenvalue weighted by atomic mass is 9.79. The van der Waals surface area contributed by atoms with Crippen molar-refractivity contribution in [3.8, 4) is 0 Å². The van der Waals surface area contributed by atoms with Gasteiger partial charge in [-0.05, 0) is 31.5 Å². The van der Waals surface area contributed by atoms with Crippen LogP contribution in [0.5, 0.6) is 0 Å². The van der Waals surface area contributed by atoms with Gasteiger partial charge in [0.2, 0.25) is 5.95 Å². The van der Waals surface area contributed by atoms with Crippen molar-refractivity contribution in [2.75, 3.05) is 5.32 Å². The molecule has 0 saturated carbocycles. The molecule has 1 N–H and O–H groups in total. The van der Waals surface area contributed by atoms with Crippen molar-refractivity contribution in [1.29, 1.82) is 0 Å². The largest absolute Gasteiger partial charge is 0.469 e. The van der Waals surface area contributed by atoms with Crippen LogP contribution >= 0.6 is 0 Å². The number of ketones is 1. The maximum absolute atomic E-state index is 14.6. The topological polar surface area (TPSA) is 73.0 Å². The van der Waals surface area contributed by atoms with Crippen LogP contribution in [-0.4, -0.2) is 20.5 Å². The Morgan fingerprint density at radius 3 is 2.85 bits per heavy atom. The highest BCUT2D eigenvalue weighted by molar-refractivity contribution is 6.00. The number of aryl methyl sites for hydroxylation is 1. The molecule has 0 fully saturated rings. The summed E-state index contributed by atoms with van der Waals surface area (Å²) in [6.07, 6.45) is 2.54. The molecule has 1 aromatic carbocycles. The first-order valence-electron chi connectivity index (χ1n) is 8.86. The third-order valence-corrected chi connectivity index (χ3v) is 5.17. The van der Waals surface area contributed by atoms with E-state index in [0.29, 0.717) is 35.8 Å². The molecule has 2 aliphatic rings. The third-order valence-electron chi connectivity index (χ3n) is 5.17. The van der Waals surface area contributed by atoms with Crippen molar-refractivity contribution >= 4 is 11.7 Å². The first kappa shape index (κ1) is 16.0. The molecular formula is C20H17FN4O2. The summed E-state index contributed by atoms with van der Waals surface area (Å²) in [6, 6.07) is 9.58. The minimum Gasteiger partial charge on any atom is -0.469 e. The number of hydrogen-bond donors (Lipinski definition) is 1. The summed E-state index contributed by atoms with van der Waals surface area (Å²) in [5.41, 5.74) is 1.74. The summed E-state index contributed by atoms with van der Waals surface area (Å²) < 4.78 is 21.7. The van der Waals surface area contributed by atoms with Gasteiger partial charge < -0.3 is 9.73 Å². The molecule has 2 atom stereocenters. The van der Waals surface area contributed by atoms with Gasteiger partial charge in [-0.2, -0.15) is 10.1 Å². The Kier molecular flexibility index (Phi) is 3.50. The zero-order chi connectivity index (χ0) is 18.5. The van der Waals surface area contributed by atoms with Gasteiger partial charge in [0, 0.05) is 29.2 Å². The van der Waals surface area contributed by atoms with Gasteiger partial charge in [0.25, 0.3) is 0 Å². The second-order valence-electron chi connectivity index (χ2n) is 6.91. The zero-order valence-electron chi connectivity index (χ0n) is 14.6. The number of carbonyl (C=O) groups excluding carboxylic acids is 1. The third kappa shape index (κ3) is 2.50. The van der Waals surface area contributed by atoms with Crippen molar-refractivity contribution in [3.05, 3.63) is 76.9 Å². The minimum absolute atomic E-state index is 0.0304. The number of carbonyl (C=O) groups is 1. The average Bonchev–Trinajstić information content (AvgIpc) is 3.29. The van der Waals surface area contributed by atoms with Gasteiger partial charge in [0.05, 0.1) is 6.26 Å². The molecule has 0 saturated heterocycles. The Balaban J connectivity index is 1.66. The van der Waals surface area contributed by atoms with Crippen LogP contribution < -0.4 is 5.32 Å². The van der Waals surface area contributed by atoms with E-state index in [1.807, 2.05) is 12.1 Å². The highest BCUT2D eigenvalue weighted by atomic mass is 19.1. The van der Waals surface area contributed by atoms with E-state index in [1.165, 1.54) is 6.07 Å². The Morgan fingerprint density at radius 1 is 1.22 bits per heavy atom. The van der Waals surface area contributed by atoms with Crippen LogP contribution in [0.2, 0.25) is 0 Å². The fourth-order valence-corrected chi connectivity index (χ4v) is 4.03. The lowest BCUT2D eigenvalue weighted by Crippen LogP contribution is -2.34. The normalized spacial score (nSPS) is 21.6. The summed E-state index contributed by atoms with van der Waals surface area (Å²) in [5.74, 6) is 1.42. The highest BCUT2D eigenvalue weighted by Crippen LogP contribution is 2.44. The van der Waals surface area contributed by atoms with E-state index in [-0.39, 0.29) is 17.5 Å². The van der Waals surface area contributed by atoms with E-state index in [0.717, 1.165) is 11.5 Å².